The molecule has 2 N–H and O–H groups in total. The first kappa shape index (κ1) is 41.1. The molecule has 0 aromatic heterocycles. The predicted molar refractivity (Wildman–Crippen MR) is 144 cm³/mol. The molecule has 0 unspecified atom stereocenters. The van der Waals surface area contributed by atoms with Gasteiger partial charge in [-0.2, -0.15) is 0 Å². The van der Waals surface area contributed by atoms with Crippen molar-refractivity contribution in [3.05, 3.63) is 35.9 Å². The molecule has 0 radical (unpaired) electrons. The summed E-state index contributed by atoms with van der Waals surface area (Å²) in [4.78, 5) is 50.1. The van der Waals surface area contributed by atoms with Gasteiger partial charge in [0.15, 0.2) is 0 Å². The van der Waals surface area contributed by atoms with E-state index < -0.39 is 0 Å². The Labute approximate surface area is 229 Å². The maximum Gasteiger partial charge on any atom is 0.302 e. The van der Waals surface area contributed by atoms with Gasteiger partial charge in [0.05, 0.1) is 31.8 Å². The molecule has 0 bridgehead atoms. The average molecular weight is 596 g/mol. The molecule has 1 aromatic carbocycles. The van der Waals surface area contributed by atoms with Crippen molar-refractivity contribution in [2.45, 2.75) is 61.9 Å². The minimum atomic E-state index is -0.211. The summed E-state index contributed by atoms with van der Waals surface area (Å²) in [5.41, 5.74) is 6.50. The lowest BCUT2D eigenvalue weighted by atomic mass is 10.2. The smallest absolute Gasteiger partial charge is 0.302 e. The van der Waals surface area contributed by atoms with E-state index in [-0.39, 0.29) is 29.8 Å². The van der Waals surface area contributed by atoms with Gasteiger partial charge in [-0.05, 0) is 33.3 Å². The van der Waals surface area contributed by atoms with E-state index in [4.69, 9.17) is 0 Å². The first-order valence-electron chi connectivity index (χ1n) is 11.6. The van der Waals surface area contributed by atoms with Crippen LogP contribution in [0.5, 0.6) is 0 Å². The molecular formula is C25H43BrN2O9. The van der Waals surface area contributed by atoms with Gasteiger partial charge >= 0.3 is 23.9 Å². The van der Waals surface area contributed by atoms with Gasteiger partial charge in [0.25, 0.3) is 0 Å². The minimum absolute atomic E-state index is 0.0732. The van der Waals surface area contributed by atoms with Crippen molar-refractivity contribution in [2.24, 2.45) is 0 Å². The summed E-state index contributed by atoms with van der Waals surface area (Å²) >= 11 is 3.05. The van der Waals surface area contributed by atoms with Crippen LogP contribution in [0, 0.1) is 0 Å². The molecule has 0 aliphatic rings. The largest absolute Gasteiger partial charge is 0.466 e. The van der Waals surface area contributed by atoms with E-state index in [1.807, 2.05) is 30.3 Å². The highest BCUT2D eigenvalue weighted by Gasteiger charge is 1.95. The van der Waals surface area contributed by atoms with Gasteiger partial charge in [-0.25, -0.2) is 5.43 Å². The molecule has 0 heterocycles. The molecule has 0 fully saturated rings. The van der Waals surface area contributed by atoms with Crippen molar-refractivity contribution in [1.82, 2.24) is 10.9 Å². The van der Waals surface area contributed by atoms with Crippen molar-refractivity contribution in [3.63, 3.8) is 0 Å². The lowest BCUT2D eigenvalue weighted by Crippen LogP contribution is -2.37. The summed E-state index contributed by atoms with van der Waals surface area (Å²) in [6, 6.07) is 9.87. The molecule has 12 heteroatoms. The number of carbonyl (C=O) groups is 5. The molecular weight excluding hydrogens is 552 g/mol. The maximum absolute atomic E-state index is 10.8. The fraction of sp³-hybridized carbons (Fsp3) is 0.560. The number of carbonyl (C=O) groups excluding carboxylic acids is 5. The van der Waals surface area contributed by atoms with Crippen LogP contribution in [-0.4, -0.2) is 61.5 Å². The molecule has 1 amide bonds. The van der Waals surface area contributed by atoms with Crippen LogP contribution in [0.3, 0.4) is 0 Å². The third-order valence-corrected chi connectivity index (χ3v) is 3.38. The number of alkyl halides is 1. The SMILES string of the molecule is CCOC(C)=O.CCOC(C)=O.CCOC(C)=O.CCOC(C)=O.O=C(CBr)NNCc1ccccc1. The Morgan fingerprint density at radius 1 is 0.649 bits per heavy atom. The van der Waals surface area contributed by atoms with Crippen LogP contribution in [0.2, 0.25) is 0 Å². The second kappa shape index (κ2) is 33.0. The van der Waals surface area contributed by atoms with E-state index in [1.54, 1.807) is 27.7 Å². The molecule has 11 nitrogen and oxygen atoms in total. The molecule has 1 aromatic rings. The molecule has 0 aliphatic heterocycles. The minimum Gasteiger partial charge on any atom is -0.466 e. The first-order valence-corrected chi connectivity index (χ1v) is 12.7. The number of hydrogen-bond acceptors (Lipinski definition) is 10. The number of hydrazine groups is 1. The van der Waals surface area contributed by atoms with Crippen molar-refractivity contribution in [3.8, 4) is 0 Å². The Hall–Kier alpha value is -2.99. The number of esters is 4. The zero-order chi connectivity index (χ0) is 29.5. The topological polar surface area (TPSA) is 146 Å². The summed E-state index contributed by atoms with van der Waals surface area (Å²) < 4.78 is 17.6. The molecule has 37 heavy (non-hydrogen) atoms. The molecule has 214 valence electrons. The number of amides is 1. The summed E-state index contributed by atoms with van der Waals surface area (Å²) in [5.74, 6) is -0.916. The van der Waals surface area contributed by atoms with Gasteiger partial charge < -0.3 is 18.9 Å². The van der Waals surface area contributed by atoms with Crippen LogP contribution < -0.4 is 10.9 Å². The Balaban J connectivity index is -0.000000196. The van der Waals surface area contributed by atoms with Crippen molar-refractivity contribution < 1.29 is 42.9 Å². The van der Waals surface area contributed by atoms with E-state index in [2.05, 4.69) is 45.7 Å². The maximum atomic E-state index is 10.8. The van der Waals surface area contributed by atoms with Gasteiger partial charge in [0, 0.05) is 34.2 Å². The molecule has 0 atom stereocenters. The van der Waals surface area contributed by atoms with Crippen molar-refractivity contribution >= 4 is 45.7 Å². The Morgan fingerprint density at radius 3 is 1.19 bits per heavy atom. The Morgan fingerprint density at radius 2 is 0.973 bits per heavy atom. The monoisotopic (exact) mass is 594 g/mol. The van der Waals surface area contributed by atoms with E-state index in [0.717, 1.165) is 5.56 Å². The van der Waals surface area contributed by atoms with Crippen LogP contribution >= 0.6 is 15.9 Å². The van der Waals surface area contributed by atoms with Gasteiger partial charge in [-0.15, -0.1) is 0 Å². The Kier molecular flexibility index (Phi) is 36.7. The van der Waals surface area contributed by atoms with E-state index in [1.165, 1.54) is 27.7 Å². The quantitative estimate of drug-likeness (QED) is 0.198. The van der Waals surface area contributed by atoms with Crippen LogP contribution in [0.15, 0.2) is 30.3 Å². The summed E-state index contributed by atoms with van der Waals surface area (Å²) in [6.45, 7) is 15.3. The van der Waals surface area contributed by atoms with E-state index >= 15 is 0 Å². The number of ether oxygens (including phenoxy) is 4. The van der Waals surface area contributed by atoms with Gasteiger partial charge in [-0.1, -0.05) is 46.3 Å². The Bertz CT molecular complexity index is 653. The highest BCUT2D eigenvalue weighted by molar-refractivity contribution is 9.09. The second-order valence-corrected chi connectivity index (χ2v) is 6.78. The highest BCUT2D eigenvalue weighted by atomic mass is 79.9. The number of hydrogen-bond donors (Lipinski definition) is 2. The van der Waals surface area contributed by atoms with Crippen molar-refractivity contribution in [2.75, 3.05) is 31.8 Å². The van der Waals surface area contributed by atoms with E-state index in [0.29, 0.717) is 38.3 Å². The average Bonchev–Trinajstić information content (AvgIpc) is 2.81. The standard InChI is InChI=1S/C9H11BrN2O.4C4H8O2/c10-6-9(13)12-11-7-8-4-2-1-3-5-8;4*1-3-6-4(2)5/h1-5,11H,6-7H2,(H,12,13);4*3H2,1-2H3. The zero-order valence-corrected chi connectivity index (χ0v) is 24.8. The van der Waals surface area contributed by atoms with Gasteiger partial charge in [-0.3, -0.25) is 29.4 Å². The van der Waals surface area contributed by atoms with Crippen LogP contribution in [0.25, 0.3) is 0 Å². The molecule has 0 aliphatic carbocycles. The second-order valence-electron chi connectivity index (χ2n) is 6.22. The summed E-state index contributed by atoms with van der Waals surface area (Å²) in [6.07, 6.45) is 0. The van der Waals surface area contributed by atoms with Gasteiger partial charge in [0.1, 0.15) is 0 Å². The highest BCUT2D eigenvalue weighted by Crippen LogP contribution is 1.96. The fourth-order valence-electron chi connectivity index (χ4n) is 1.69. The third kappa shape index (κ3) is 50.7. The summed E-state index contributed by atoms with van der Waals surface area (Å²) in [5, 5.41) is 0.314. The van der Waals surface area contributed by atoms with E-state index in [9.17, 15) is 24.0 Å². The molecule has 0 saturated carbocycles. The molecule has 0 spiro atoms. The van der Waals surface area contributed by atoms with Gasteiger partial charge in [0.2, 0.25) is 5.91 Å². The number of halogens is 1. The van der Waals surface area contributed by atoms with Crippen LogP contribution in [-0.2, 0) is 49.5 Å². The third-order valence-electron chi connectivity index (χ3n) is 2.87. The normalized spacial score (nSPS) is 8.35. The van der Waals surface area contributed by atoms with Crippen LogP contribution in [0.4, 0.5) is 0 Å². The first-order chi connectivity index (χ1) is 17.4. The predicted octanol–water partition coefficient (Wildman–Crippen LogP) is 3.48. The lowest BCUT2D eigenvalue weighted by molar-refractivity contribution is -0.141. The molecule has 1 rings (SSSR count). The zero-order valence-electron chi connectivity index (χ0n) is 23.2. The number of benzene rings is 1. The summed E-state index contributed by atoms with van der Waals surface area (Å²) in [7, 11) is 0. The number of nitrogens with one attached hydrogen (secondary N) is 2. The van der Waals surface area contributed by atoms with Crippen molar-refractivity contribution in [1.29, 1.82) is 0 Å². The van der Waals surface area contributed by atoms with Crippen LogP contribution in [0.1, 0.15) is 61.0 Å². The lowest BCUT2D eigenvalue weighted by Gasteiger charge is -2.04. The molecule has 0 saturated heterocycles. The fourth-order valence-corrected chi connectivity index (χ4v) is 1.83. The number of rotatable bonds is 8.